The number of aliphatic hydroxyl groups excluding tert-OH is 3. The van der Waals surface area contributed by atoms with Crippen LogP contribution in [0.3, 0.4) is 0 Å². The molecule has 9 nitrogen and oxygen atoms in total. The van der Waals surface area contributed by atoms with Crippen LogP contribution >= 0.6 is 34.7 Å². The normalized spacial score (nSPS) is 26.4. The maximum atomic E-state index is 11.0. The minimum absolute atomic E-state index is 0.285. The van der Waals surface area contributed by atoms with Crippen molar-refractivity contribution < 1.29 is 20.1 Å². The van der Waals surface area contributed by atoms with E-state index in [2.05, 4.69) is 15.3 Å². The zero-order valence-corrected chi connectivity index (χ0v) is 17.6. The van der Waals surface area contributed by atoms with Crippen molar-refractivity contribution in [1.82, 2.24) is 20.0 Å². The van der Waals surface area contributed by atoms with Gasteiger partial charge in [0.25, 0.3) is 0 Å². The van der Waals surface area contributed by atoms with E-state index in [1.165, 1.54) is 27.8 Å². The van der Waals surface area contributed by atoms with Crippen LogP contribution in [0.5, 0.6) is 0 Å². The fourth-order valence-corrected chi connectivity index (χ4v) is 5.08. The van der Waals surface area contributed by atoms with Gasteiger partial charge in [-0.1, -0.05) is 28.6 Å². The van der Waals surface area contributed by atoms with Crippen LogP contribution in [0.25, 0.3) is 11.4 Å². The first-order valence-corrected chi connectivity index (χ1v) is 11.0. The summed E-state index contributed by atoms with van der Waals surface area (Å²) in [6.45, 7) is -0.441. The van der Waals surface area contributed by atoms with E-state index in [-0.39, 0.29) is 5.02 Å². The molecular weight excluding hydrogens is 450 g/mol. The van der Waals surface area contributed by atoms with Crippen LogP contribution in [0, 0.1) is 11.3 Å². The Morgan fingerprint density at radius 2 is 2.13 bits per heavy atom. The number of nitriles is 1. The molecule has 0 aliphatic carbocycles. The number of benzene rings is 1. The third-order valence-corrected chi connectivity index (χ3v) is 6.72. The number of aliphatic hydroxyl groups is 3. The highest BCUT2D eigenvalue weighted by atomic mass is 35.5. The van der Waals surface area contributed by atoms with E-state index in [9.17, 15) is 15.3 Å². The molecule has 0 bridgehead atoms. The summed E-state index contributed by atoms with van der Waals surface area (Å²) >= 11 is 8.68. The van der Waals surface area contributed by atoms with E-state index in [0.717, 1.165) is 0 Å². The molecule has 156 valence electrons. The summed E-state index contributed by atoms with van der Waals surface area (Å²) in [5.41, 5.74) is 2.32. The maximum Gasteiger partial charge on any atom is 0.136 e. The first-order valence-electron chi connectivity index (χ1n) is 8.81. The van der Waals surface area contributed by atoms with Gasteiger partial charge in [0.1, 0.15) is 47.2 Å². The molecule has 0 saturated carbocycles. The van der Waals surface area contributed by atoms with Gasteiger partial charge in [-0.2, -0.15) is 5.26 Å². The second-order valence-electron chi connectivity index (χ2n) is 6.53. The molecule has 1 saturated heterocycles. The average molecular weight is 466 g/mol. The molecule has 1 aliphatic rings. The van der Waals surface area contributed by atoms with Gasteiger partial charge in [0.05, 0.1) is 28.9 Å². The van der Waals surface area contributed by atoms with Crippen LogP contribution in [-0.4, -0.2) is 65.7 Å². The van der Waals surface area contributed by atoms with Gasteiger partial charge in [0, 0.05) is 10.3 Å². The number of ether oxygens (including phenoxy) is 1. The van der Waals surface area contributed by atoms with Crippen LogP contribution in [0.4, 0.5) is 0 Å². The predicted octanol–water partition coefficient (Wildman–Crippen LogP) is 1.70. The SMILES string of the molecule is N#Cc1ccc(SC2OC(CO)C(O)C(n3cc(-c4cscn4)nn3)[C@@H]2O)cc1Cl. The summed E-state index contributed by atoms with van der Waals surface area (Å²) in [7, 11) is 0. The van der Waals surface area contributed by atoms with Crippen molar-refractivity contribution in [3.8, 4) is 17.5 Å². The largest absolute Gasteiger partial charge is 0.394 e. The molecule has 4 unspecified atom stereocenters. The van der Waals surface area contributed by atoms with E-state index < -0.39 is 36.4 Å². The number of hydrogen-bond acceptors (Lipinski definition) is 10. The molecule has 30 heavy (non-hydrogen) atoms. The number of hydrogen-bond donors (Lipinski definition) is 3. The van der Waals surface area contributed by atoms with Crippen LogP contribution in [0.1, 0.15) is 11.6 Å². The summed E-state index contributed by atoms with van der Waals surface area (Å²) in [5.74, 6) is 0. The van der Waals surface area contributed by atoms with E-state index in [1.54, 1.807) is 29.9 Å². The Bertz CT molecular complexity index is 1060. The highest BCUT2D eigenvalue weighted by Gasteiger charge is 2.46. The van der Waals surface area contributed by atoms with Crippen LogP contribution in [0.2, 0.25) is 5.02 Å². The predicted molar refractivity (Wildman–Crippen MR) is 110 cm³/mol. The number of thiazole rings is 1. The lowest BCUT2D eigenvalue weighted by Crippen LogP contribution is -2.55. The van der Waals surface area contributed by atoms with Crippen molar-refractivity contribution in [2.75, 3.05) is 6.61 Å². The van der Waals surface area contributed by atoms with E-state index >= 15 is 0 Å². The molecular formula is C18H16ClN5O4S2. The molecule has 1 aliphatic heterocycles. The second-order valence-corrected chi connectivity index (χ2v) is 8.82. The zero-order chi connectivity index (χ0) is 21.3. The van der Waals surface area contributed by atoms with E-state index in [0.29, 0.717) is 21.8 Å². The summed E-state index contributed by atoms with van der Waals surface area (Å²) in [5, 5.41) is 50.6. The van der Waals surface area contributed by atoms with Crippen molar-refractivity contribution >= 4 is 34.7 Å². The molecule has 0 radical (unpaired) electrons. The number of thioether (sulfide) groups is 1. The summed E-state index contributed by atoms with van der Waals surface area (Å²) < 4.78 is 7.09. The number of aromatic nitrogens is 4. The molecule has 1 aromatic carbocycles. The highest BCUT2D eigenvalue weighted by molar-refractivity contribution is 7.99. The Hall–Kier alpha value is -2.04. The Morgan fingerprint density at radius 1 is 1.30 bits per heavy atom. The molecule has 12 heteroatoms. The van der Waals surface area contributed by atoms with E-state index in [1.807, 2.05) is 11.4 Å². The summed E-state index contributed by atoms with van der Waals surface area (Å²) in [6, 6.07) is 5.96. The van der Waals surface area contributed by atoms with Crippen molar-refractivity contribution in [1.29, 1.82) is 5.26 Å². The van der Waals surface area contributed by atoms with Gasteiger partial charge in [-0.3, -0.25) is 0 Å². The van der Waals surface area contributed by atoms with Gasteiger partial charge in [0.15, 0.2) is 0 Å². The monoisotopic (exact) mass is 465 g/mol. The van der Waals surface area contributed by atoms with Crippen LogP contribution < -0.4 is 0 Å². The highest BCUT2D eigenvalue weighted by Crippen LogP contribution is 2.39. The van der Waals surface area contributed by atoms with Crippen LogP contribution in [0.15, 0.2) is 40.2 Å². The second kappa shape index (κ2) is 8.99. The summed E-state index contributed by atoms with van der Waals surface area (Å²) in [6.07, 6.45) is -1.73. The molecule has 4 rings (SSSR count). The van der Waals surface area contributed by atoms with Gasteiger partial charge in [-0.05, 0) is 18.2 Å². The molecule has 5 atom stereocenters. The first kappa shape index (κ1) is 21.2. The summed E-state index contributed by atoms with van der Waals surface area (Å²) in [4.78, 5) is 4.84. The smallest absolute Gasteiger partial charge is 0.136 e. The first-order chi connectivity index (χ1) is 14.5. The fraction of sp³-hybridized carbons (Fsp3) is 0.333. The van der Waals surface area contributed by atoms with Crippen molar-refractivity contribution in [3.63, 3.8) is 0 Å². The maximum absolute atomic E-state index is 11.0. The van der Waals surface area contributed by atoms with Gasteiger partial charge in [0.2, 0.25) is 0 Å². The Kier molecular flexibility index (Phi) is 6.35. The van der Waals surface area contributed by atoms with Crippen molar-refractivity contribution in [2.24, 2.45) is 0 Å². The number of nitrogens with zero attached hydrogens (tertiary/aromatic N) is 5. The standard InChI is InChI=1S/C18H16ClN5O4S2/c19-11-3-10(2-1-9(11)4-20)30-18-17(27)15(16(26)14(6-25)28-18)24-5-12(22-23-24)13-7-29-8-21-13/h1-3,5,7-8,14-18,25-27H,6H2/t14?,15?,16?,17-,18?/m0/s1. The van der Waals surface area contributed by atoms with Gasteiger partial charge in [-0.15, -0.1) is 16.4 Å². The molecule has 1 fully saturated rings. The van der Waals surface area contributed by atoms with Crippen LogP contribution in [-0.2, 0) is 4.74 Å². The van der Waals surface area contributed by atoms with Crippen molar-refractivity contribution in [2.45, 2.75) is 34.7 Å². The van der Waals surface area contributed by atoms with E-state index in [4.69, 9.17) is 21.6 Å². The Labute approximate surface area is 184 Å². The molecule has 0 amide bonds. The number of halogens is 1. The molecule has 2 aromatic heterocycles. The topological polar surface area (TPSA) is 137 Å². The Balaban J connectivity index is 1.60. The lowest BCUT2D eigenvalue weighted by molar-refractivity contribution is -0.178. The third-order valence-electron chi connectivity index (χ3n) is 4.67. The number of rotatable bonds is 5. The Morgan fingerprint density at radius 3 is 2.80 bits per heavy atom. The molecule has 3 heterocycles. The van der Waals surface area contributed by atoms with Crippen molar-refractivity contribution in [3.05, 3.63) is 45.9 Å². The zero-order valence-electron chi connectivity index (χ0n) is 15.2. The minimum Gasteiger partial charge on any atom is -0.394 e. The van der Waals surface area contributed by atoms with Gasteiger partial charge in [-0.25, -0.2) is 9.67 Å². The van der Waals surface area contributed by atoms with Gasteiger partial charge < -0.3 is 20.1 Å². The quantitative estimate of drug-likeness (QED) is 0.513. The molecule has 0 spiro atoms. The average Bonchev–Trinajstić information content (AvgIpc) is 3.42. The third kappa shape index (κ3) is 4.08. The lowest BCUT2D eigenvalue weighted by atomic mass is 9.97. The lowest BCUT2D eigenvalue weighted by Gasteiger charge is -2.41. The fourth-order valence-electron chi connectivity index (χ4n) is 3.15. The minimum atomic E-state index is -1.21. The molecule has 3 N–H and O–H groups in total. The van der Waals surface area contributed by atoms with Gasteiger partial charge >= 0.3 is 0 Å². The molecule has 3 aromatic rings.